The largest absolute Gasteiger partial charge is 0.393 e. The first-order valence-corrected chi connectivity index (χ1v) is 4.96. The van der Waals surface area contributed by atoms with Gasteiger partial charge in [-0.15, -0.1) is 0 Å². The predicted octanol–water partition coefficient (Wildman–Crippen LogP) is 0.285. The van der Waals surface area contributed by atoms with Crippen LogP contribution in [0.3, 0.4) is 0 Å². The number of aromatic nitrogens is 2. The first-order chi connectivity index (χ1) is 6.99. The number of aromatic amines is 1. The van der Waals surface area contributed by atoms with Crippen molar-refractivity contribution in [2.75, 3.05) is 18.5 Å². The van der Waals surface area contributed by atoms with Crippen molar-refractivity contribution < 1.29 is 5.11 Å². The molecule has 0 bridgehead atoms. The molecule has 0 saturated carbocycles. The van der Waals surface area contributed by atoms with Crippen molar-refractivity contribution in [1.82, 2.24) is 9.97 Å². The molecule has 2 N–H and O–H groups in total. The summed E-state index contributed by atoms with van der Waals surface area (Å²) in [6, 6.07) is 1.45. The van der Waals surface area contributed by atoms with Gasteiger partial charge in [-0.3, -0.25) is 4.79 Å². The summed E-state index contributed by atoms with van der Waals surface area (Å²) in [5.74, 6) is 1.23. The Kier molecular flexibility index (Phi) is 3.85. The molecule has 0 aliphatic rings. The molecule has 0 aliphatic carbocycles. The van der Waals surface area contributed by atoms with E-state index in [1.165, 1.54) is 6.07 Å². The summed E-state index contributed by atoms with van der Waals surface area (Å²) in [7, 11) is 1.85. The quantitative estimate of drug-likeness (QED) is 0.751. The second-order valence-electron chi connectivity index (χ2n) is 3.75. The number of hydrogen-bond donors (Lipinski definition) is 2. The summed E-state index contributed by atoms with van der Waals surface area (Å²) in [4.78, 5) is 19.8. The molecular formula is C10H17N3O2. The number of aryl methyl sites for hydroxylation is 1. The summed E-state index contributed by atoms with van der Waals surface area (Å²) in [6.45, 7) is 4.16. The van der Waals surface area contributed by atoms with Crippen molar-refractivity contribution in [3.05, 3.63) is 22.2 Å². The Labute approximate surface area is 88.8 Å². The van der Waals surface area contributed by atoms with E-state index >= 15 is 0 Å². The number of hydrogen-bond acceptors (Lipinski definition) is 4. The molecule has 1 aromatic heterocycles. The molecule has 0 fully saturated rings. The van der Waals surface area contributed by atoms with Gasteiger partial charge in [0.05, 0.1) is 6.10 Å². The van der Waals surface area contributed by atoms with E-state index in [2.05, 4.69) is 9.97 Å². The van der Waals surface area contributed by atoms with Crippen molar-refractivity contribution >= 4 is 5.82 Å². The van der Waals surface area contributed by atoms with E-state index in [1.54, 1.807) is 13.8 Å². The molecule has 0 spiro atoms. The van der Waals surface area contributed by atoms with Crippen LogP contribution in [0.4, 0.5) is 5.82 Å². The highest BCUT2D eigenvalue weighted by Gasteiger charge is 2.05. The van der Waals surface area contributed by atoms with Gasteiger partial charge in [-0.2, -0.15) is 0 Å². The molecule has 5 heteroatoms. The van der Waals surface area contributed by atoms with Crippen molar-refractivity contribution in [1.29, 1.82) is 0 Å². The molecule has 0 radical (unpaired) electrons. The summed E-state index contributed by atoms with van der Waals surface area (Å²) < 4.78 is 0. The van der Waals surface area contributed by atoms with E-state index < -0.39 is 0 Å². The molecule has 1 aromatic rings. The molecule has 1 heterocycles. The minimum absolute atomic E-state index is 0.151. The van der Waals surface area contributed by atoms with Crippen LogP contribution in [-0.4, -0.2) is 34.8 Å². The number of nitrogens with zero attached hydrogens (tertiary/aromatic N) is 2. The standard InChI is InChI=1S/C10H17N3O2/c1-7(14)4-5-13(3)9-6-10(15)12-8(2)11-9/h6-7,14H,4-5H2,1-3H3,(H,11,12,15). The van der Waals surface area contributed by atoms with Gasteiger partial charge in [-0.1, -0.05) is 0 Å². The van der Waals surface area contributed by atoms with Gasteiger partial charge >= 0.3 is 0 Å². The Morgan fingerprint density at radius 3 is 2.87 bits per heavy atom. The van der Waals surface area contributed by atoms with Crippen LogP contribution >= 0.6 is 0 Å². The van der Waals surface area contributed by atoms with E-state index in [9.17, 15) is 4.79 Å². The van der Waals surface area contributed by atoms with Crippen molar-refractivity contribution in [2.24, 2.45) is 0 Å². The summed E-state index contributed by atoms with van der Waals surface area (Å²) in [5.41, 5.74) is -0.151. The lowest BCUT2D eigenvalue weighted by molar-refractivity contribution is 0.187. The molecule has 1 rings (SSSR count). The highest BCUT2D eigenvalue weighted by Crippen LogP contribution is 2.06. The maximum Gasteiger partial charge on any atom is 0.252 e. The zero-order valence-electron chi connectivity index (χ0n) is 9.32. The van der Waals surface area contributed by atoms with Crippen molar-refractivity contribution in [3.8, 4) is 0 Å². The van der Waals surface area contributed by atoms with Gasteiger partial charge in [-0.25, -0.2) is 4.98 Å². The number of aliphatic hydroxyl groups excluding tert-OH is 1. The van der Waals surface area contributed by atoms with Crippen LogP contribution in [0.25, 0.3) is 0 Å². The van der Waals surface area contributed by atoms with Gasteiger partial charge in [0.25, 0.3) is 5.56 Å². The number of nitrogens with one attached hydrogen (secondary N) is 1. The number of aliphatic hydroxyl groups is 1. The van der Waals surface area contributed by atoms with Crippen molar-refractivity contribution in [2.45, 2.75) is 26.4 Å². The lowest BCUT2D eigenvalue weighted by atomic mass is 10.3. The number of anilines is 1. The smallest absolute Gasteiger partial charge is 0.252 e. The fraction of sp³-hybridized carbons (Fsp3) is 0.600. The minimum atomic E-state index is -0.337. The van der Waals surface area contributed by atoms with Gasteiger partial charge < -0.3 is 15.0 Å². The second kappa shape index (κ2) is 4.93. The molecular weight excluding hydrogens is 194 g/mol. The predicted molar refractivity (Wildman–Crippen MR) is 59.2 cm³/mol. The summed E-state index contributed by atoms with van der Waals surface area (Å²) in [5, 5.41) is 9.14. The van der Waals surface area contributed by atoms with Gasteiger partial charge in [0.1, 0.15) is 11.6 Å². The molecule has 0 aliphatic heterocycles. The molecule has 5 nitrogen and oxygen atoms in total. The Morgan fingerprint density at radius 2 is 2.33 bits per heavy atom. The average Bonchev–Trinajstić information content (AvgIpc) is 2.12. The Bertz CT molecular complexity index is 373. The highest BCUT2D eigenvalue weighted by molar-refractivity contribution is 5.35. The van der Waals surface area contributed by atoms with Crippen molar-refractivity contribution in [3.63, 3.8) is 0 Å². The average molecular weight is 211 g/mol. The van der Waals surface area contributed by atoms with Gasteiger partial charge in [0.15, 0.2) is 0 Å². The lowest BCUT2D eigenvalue weighted by Crippen LogP contribution is -2.25. The fourth-order valence-electron chi connectivity index (χ4n) is 1.25. The number of H-pyrrole nitrogens is 1. The van der Waals surface area contributed by atoms with Crippen LogP contribution in [0.15, 0.2) is 10.9 Å². The third-order valence-electron chi connectivity index (χ3n) is 2.12. The Morgan fingerprint density at radius 1 is 1.67 bits per heavy atom. The third-order valence-corrected chi connectivity index (χ3v) is 2.12. The molecule has 15 heavy (non-hydrogen) atoms. The Hall–Kier alpha value is -1.36. The van der Waals surface area contributed by atoms with Crippen LogP contribution in [0.5, 0.6) is 0 Å². The van der Waals surface area contributed by atoms with Crippen LogP contribution in [0.1, 0.15) is 19.2 Å². The normalized spacial score (nSPS) is 12.5. The maximum absolute atomic E-state index is 11.2. The van der Waals surface area contributed by atoms with Crippen LogP contribution in [0.2, 0.25) is 0 Å². The van der Waals surface area contributed by atoms with Crippen LogP contribution in [0, 0.1) is 6.92 Å². The molecule has 0 saturated heterocycles. The van der Waals surface area contributed by atoms with Gasteiger partial charge in [0.2, 0.25) is 0 Å². The van der Waals surface area contributed by atoms with Gasteiger partial charge in [0, 0.05) is 19.7 Å². The second-order valence-corrected chi connectivity index (χ2v) is 3.75. The maximum atomic E-state index is 11.2. The van der Waals surface area contributed by atoms with E-state index in [1.807, 2.05) is 11.9 Å². The Balaban J connectivity index is 2.73. The molecule has 1 unspecified atom stereocenters. The number of rotatable bonds is 4. The summed E-state index contributed by atoms with van der Waals surface area (Å²) >= 11 is 0. The molecule has 0 aromatic carbocycles. The first kappa shape index (κ1) is 11.7. The van der Waals surface area contributed by atoms with E-state index in [0.717, 1.165) is 0 Å². The van der Waals surface area contributed by atoms with Crippen LogP contribution < -0.4 is 10.5 Å². The highest BCUT2D eigenvalue weighted by atomic mass is 16.3. The zero-order chi connectivity index (χ0) is 11.4. The van der Waals surface area contributed by atoms with Crippen LogP contribution in [-0.2, 0) is 0 Å². The molecule has 1 atom stereocenters. The first-order valence-electron chi connectivity index (χ1n) is 4.96. The molecule has 84 valence electrons. The van der Waals surface area contributed by atoms with Gasteiger partial charge in [-0.05, 0) is 20.3 Å². The fourth-order valence-corrected chi connectivity index (χ4v) is 1.25. The van der Waals surface area contributed by atoms with E-state index in [-0.39, 0.29) is 11.7 Å². The molecule has 0 amide bonds. The topological polar surface area (TPSA) is 69.2 Å². The third kappa shape index (κ3) is 3.71. The van der Waals surface area contributed by atoms with E-state index in [0.29, 0.717) is 24.6 Å². The van der Waals surface area contributed by atoms with E-state index in [4.69, 9.17) is 5.11 Å². The monoisotopic (exact) mass is 211 g/mol. The zero-order valence-corrected chi connectivity index (χ0v) is 9.32. The minimum Gasteiger partial charge on any atom is -0.393 e. The lowest BCUT2D eigenvalue weighted by Gasteiger charge is -2.18. The SMILES string of the molecule is Cc1nc(N(C)CCC(C)O)cc(=O)[nH]1. The summed E-state index contributed by atoms with van der Waals surface area (Å²) in [6.07, 6.45) is 0.319.